The molecule has 6 nitrogen and oxygen atoms in total. The zero-order valence-electron chi connectivity index (χ0n) is 17.6. The van der Waals surface area contributed by atoms with E-state index in [0.717, 1.165) is 5.56 Å². The van der Waals surface area contributed by atoms with Crippen LogP contribution in [-0.4, -0.2) is 50.5 Å². The molecule has 1 heterocycles. The lowest BCUT2D eigenvalue weighted by atomic mass is 10.1. The highest BCUT2D eigenvalue weighted by Gasteiger charge is 2.30. The van der Waals surface area contributed by atoms with E-state index in [2.05, 4.69) is 10.1 Å². The van der Waals surface area contributed by atoms with Crippen molar-refractivity contribution in [2.75, 3.05) is 19.7 Å². The van der Waals surface area contributed by atoms with Crippen LogP contribution in [-0.2, 0) is 21.4 Å². The van der Waals surface area contributed by atoms with E-state index in [1.807, 2.05) is 6.92 Å². The van der Waals surface area contributed by atoms with Crippen LogP contribution in [0.15, 0.2) is 53.4 Å². The van der Waals surface area contributed by atoms with Crippen LogP contribution in [0.25, 0.3) is 0 Å². The van der Waals surface area contributed by atoms with Crippen molar-refractivity contribution in [3.63, 3.8) is 0 Å². The number of carbonyl (C=O) groups excluding carboxylic acids is 1. The number of ether oxygens (including phenoxy) is 1. The van der Waals surface area contributed by atoms with Crippen LogP contribution < -0.4 is 5.32 Å². The number of rotatable bonds is 7. The fourth-order valence-corrected chi connectivity index (χ4v) is 4.88. The van der Waals surface area contributed by atoms with E-state index in [0.29, 0.717) is 37.1 Å². The Labute approximate surface area is 185 Å². The minimum atomic E-state index is -4.38. The van der Waals surface area contributed by atoms with Crippen molar-refractivity contribution in [2.45, 2.75) is 43.5 Å². The van der Waals surface area contributed by atoms with Crippen LogP contribution in [0, 0.1) is 6.92 Å². The number of halogens is 3. The normalized spacial score (nSPS) is 16.1. The number of aryl methyl sites for hydroxylation is 1. The van der Waals surface area contributed by atoms with Crippen molar-refractivity contribution >= 4 is 15.9 Å². The van der Waals surface area contributed by atoms with Gasteiger partial charge in [-0.25, -0.2) is 8.42 Å². The Morgan fingerprint density at radius 1 is 1.06 bits per heavy atom. The van der Waals surface area contributed by atoms with Crippen LogP contribution in [0.1, 0.15) is 34.3 Å². The number of alkyl halides is 3. The van der Waals surface area contributed by atoms with Gasteiger partial charge in [0.15, 0.2) is 0 Å². The van der Waals surface area contributed by atoms with Crippen LogP contribution in [0.5, 0.6) is 0 Å². The van der Waals surface area contributed by atoms with Crippen molar-refractivity contribution < 1.29 is 31.1 Å². The summed E-state index contributed by atoms with van der Waals surface area (Å²) in [5.74, 6) is -0.312. The van der Waals surface area contributed by atoms with Crippen molar-refractivity contribution in [2.24, 2.45) is 0 Å². The average Bonchev–Trinajstić information content (AvgIpc) is 2.74. The third kappa shape index (κ3) is 6.54. The van der Waals surface area contributed by atoms with Gasteiger partial charge in [0, 0.05) is 24.7 Å². The van der Waals surface area contributed by atoms with Gasteiger partial charge in [-0.15, -0.1) is 0 Å². The largest absolute Gasteiger partial charge is 0.411 e. The molecule has 2 aromatic rings. The lowest BCUT2D eigenvalue weighted by Gasteiger charge is -2.31. The molecule has 1 amide bonds. The van der Waals surface area contributed by atoms with Gasteiger partial charge in [-0.05, 0) is 49.6 Å². The van der Waals surface area contributed by atoms with E-state index in [9.17, 15) is 26.4 Å². The first-order valence-corrected chi connectivity index (χ1v) is 11.6. The summed E-state index contributed by atoms with van der Waals surface area (Å²) in [6, 6.07) is 12.7. The van der Waals surface area contributed by atoms with Gasteiger partial charge in [-0.2, -0.15) is 17.5 Å². The Kier molecular flexibility index (Phi) is 7.58. The highest BCUT2D eigenvalue weighted by molar-refractivity contribution is 7.89. The second kappa shape index (κ2) is 10.0. The molecular weight excluding hydrogens is 445 g/mol. The molecule has 0 bridgehead atoms. The zero-order valence-corrected chi connectivity index (χ0v) is 18.4. The first kappa shape index (κ1) is 24.2. The molecule has 0 spiro atoms. The highest BCUT2D eigenvalue weighted by atomic mass is 32.2. The number of hydrogen-bond donors (Lipinski definition) is 1. The lowest BCUT2D eigenvalue weighted by Crippen LogP contribution is -2.46. The average molecular weight is 471 g/mol. The van der Waals surface area contributed by atoms with E-state index in [1.165, 1.54) is 16.4 Å². The zero-order chi connectivity index (χ0) is 23.4. The number of sulfonamides is 1. The molecule has 1 N–H and O–H groups in total. The SMILES string of the molecule is Cc1ccc(S(=O)(=O)N2CCC(NC(=O)c3ccc(COCC(F)(F)F)cc3)CC2)cc1. The molecule has 1 aliphatic rings. The Morgan fingerprint density at radius 3 is 2.22 bits per heavy atom. The maximum absolute atomic E-state index is 12.8. The summed E-state index contributed by atoms with van der Waals surface area (Å²) in [7, 11) is -3.57. The van der Waals surface area contributed by atoms with Gasteiger partial charge in [0.1, 0.15) is 6.61 Å². The topological polar surface area (TPSA) is 75.7 Å². The summed E-state index contributed by atoms with van der Waals surface area (Å²) in [5.41, 5.74) is 1.88. The second-order valence-corrected chi connectivity index (χ2v) is 9.71. The van der Waals surface area contributed by atoms with E-state index >= 15 is 0 Å². The molecule has 0 radical (unpaired) electrons. The van der Waals surface area contributed by atoms with Crippen molar-refractivity contribution in [1.29, 1.82) is 0 Å². The first-order chi connectivity index (χ1) is 15.0. The van der Waals surface area contributed by atoms with Crippen LogP contribution in [0.3, 0.4) is 0 Å². The molecule has 1 saturated heterocycles. The summed E-state index contributed by atoms with van der Waals surface area (Å²) in [6.45, 7) is 0.968. The number of hydrogen-bond acceptors (Lipinski definition) is 4. The summed E-state index contributed by atoms with van der Waals surface area (Å²) < 4.78 is 68.0. The summed E-state index contributed by atoms with van der Waals surface area (Å²) in [5, 5.41) is 2.90. The Hall–Kier alpha value is -2.43. The van der Waals surface area contributed by atoms with Crippen molar-refractivity contribution in [1.82, 2.24) is 9.62 Å². The van der Waals surface area contributed by atoms with Gasteiger partial charge >= 0.3 is 6.18 Å². The van der Waals surface area contributed by atoms with Crippen molar-refractivity contribution in [3.8, 4) is 0 Å². The molecule has 0 aromatic heterocycles. The first-order valence-electron chi connectivity index (χ1n) is 10.2. The highest BCUT2D eigenvalue weighted by Crippen LogP contribution is 2.21. The molecule has 1 aliphatic heterocycles. The molecule has 2 aromatic carbocycles. The van der Waals surface area contributed by atoms with Gasteiger partial charge < -0.3 is 10.1 Å². The quantitative estimate of drug-likeness (QED) is 0.670. The molecule has 10 heteroatoms. The number of benzene rings is 2. The van der Waals surface area contributed by atoms with Gasteiger partial charge in [0.2, 0.25) is 10.0 Å². The number of amides is 1. The number of nitrogens with one attached hydrogen (secondary N) is 1. The number of piperidine rings is 1. The van der Waals surface area contributed by atoms with Gasteiger partial charge in [-0.3, -0.25) is 4.79 Å². The van der Waals surface area contributed by atoms with Gasteiger partial charge in [0.25, 0.3) is 5.91 Å². The predicted molar refractivity (Wildman–Crippen MR) is 113 cm³/mol. The maximum atomic E-state index is 12.8. The van der Waals surface area contributed by atoms with Crippen LogP contribution >= 0.6 is 0 Å². The third-order valence-electron chi connectivity index (χ3n) is 5.20. The summed E-state index contributed by atoms with van der Waals surface area (Å²) in [6.07, 6.45) is -3.41. The van der Waals surface area contributed by atoms with Crippen LogP contribution in [0.4, 0.5) is 13.2 Å². The third-order valence-corrected chi connectivity index (χ3v) is 7.11. The molecule has 32 heavy (non-hydrogen) atoms. The Balaban J connectivity index is 1.49. The molecule has 0 aliphatic carbocycles. The van der Waals surface area contributed by atoms with E-state index < -0.39 is 22.8 Å². The monoisotopic (exact) mass is 470 g/mol. The summed E-state index contributed by atoms with van der Waals surface area (Å²) in [4.78, 5) is 12.7. The van der Waals surface area contributed by atoms with E-state index in [1.54, 1.807) is 36.4 Å². The van der Waals surface area contributed by atoms with Gasteiger partial charge in [0.05, 0.1) is 11.5 Å². The Bertz CT molecular complexity index is 1010. The smallest absolute Gasteiger partial charge is 0.367 e. The minimum Gasteiger partial charge on any atom is -0.367 e. The lowest BCUT2D eigenvalue weighted by molar-refractivity contribution is -0.176. The fraction of sp³-hybridized carbons (Fsp3) is 0.409. The Morgan fingerprint density at radius 2 is 1.66 bits per heavy atom. The molecule has 1 fully saturated rings. The molecular formula is C22H25F3N2O4S. The molecule has 174 valence electrons. The maximum Gasteiger partial charge on any atom is 0.411 e. The second-order valence-electron chi connectivity index (χ2n) is 7.77. The summed E-state index contributed by atoms with van der Waals surface area (Å²) >= 11 is 0. The molecule has 0 unspecified atom stereocenters. The molecule has 0 atom stereocenters. The molecule has 0 saturated carbocycles. The van der Waals surface area contributed by atoms with Crippen LogP contribution in [0.2, 0.25) is 0 Å². The number of nitrogens with zero attached hydrogens (tertiary/aromatic N) is 1. The van der Waals surface area contributed by atoms with E-state index in [-0.39, 0.29) is 23.5 Å². The van der Waals surface area contributed by atoms with Gasteiger partial charge in [-0.1, -0.05) is 29.8 Å². The minimum absolute atomic E-state index is 0.165. The molecule has 3 rings (SSSR count). The fourth-order valence-electron chi connectivity index (χ4n) is 3.41. The van der Waals surface area contributed by atoms with Crippen molar-refractivity contribution in [3.05, 3.63) is 65.2 Å². The van der Waals surface area contributed by atoms with E-state index in [4.69, 9.17) is 0 Å². The standard InChI is InChI=1S/C22H25F3N2O4S/c1-16-2-8-20(9-3-16)32(29,30)27-12-10-19(11-13-27)26-21(28)18-6-4-17(5-7-18)14-31-15-22(23,24)25/h2-9,19H,10-15H2,1H3,(H,26,28). The number of carbonyl (C=O) groups is 1. The predicted octanol–water partition coefficient (Wildman–Crippen LogP) is 3.66.